The van der Waals surface area contributed by atoms with Crippen LogP contribution in [0.15, 0.2) is 12.2 Å². The van der Waals surface area contributed by atoms with Gasteiger partial charge in [0.2, 0.25) is 0 Å². The summed E-state index contributed by atoms with van der Waals surface area (Å²) >= 11 is 2.09. The van der Waals surface area contributed by atoms with Crippen molar-refractivity contribution in [3.63, 3.8) is 0 Å². The molecule has 0 aromatic heterocycles. The summed E-state index contributed by atoms with van der Waals surface area (Å²) in [7, 11) is 0. The molecule has 1 rings (SSSR count). The highest BCUT2D eigenvalue weighted by Crippen LogP contribution is 2.35. The van der Waals surface area contributed by atoms with Crippen molar-refractivity contribution < 1.29 is 14.6 Å². The lowest BCUT2D eigenvalue weighted by Gasteiger charge is -2.18. The summed E-state index contributed by atoms with van der Waals surface area (Å²) in [5, 5.41) is 8.62. The molecule has 0 amide bonds. The monoisotopic (exact) mass is 342 g/mol. The van der Waals surface area contributed by atoms with Gasteiger partial charge in [0.25, 0.3) is 0 Å². The number of allylic oxidation sites excluding steroid dienone is 1. The summed E-state index contributed by atoms with van der Waals surface area (Å²) in [5.74, 6) is 3.61. The number of carboxylic acids is 1. The molecule has 1 heterocycles. The molecule has 1 aliphatic heterocycles. The van der Waals surface area contributed by atoms with Crippen LogP contribution in [0.5, 0.6) is 0 Å². The van der Waals surface area contributed by atoms with Crippen molar-refractivity contribution >= 4 is 17.7 Å². The summed E-state index contributed by atoms with van der Waals surface area (Å²) in [6.45, 7) is 3.91. The van der Waals surface area contributed by atoms with Gasteiger partial charge < -0.3 is 9.84 Å². The molecule has 0 aliphatic carbocycles. The molecule has 1 saturated heterocycles. The van der Waals surface area contributed by atoms with Gasteiger partial charge in [-0.25, -0.2) is 0 Å². The molecule has 0 aromatic carbocycles. The zero-order valence-electron chi connectivity index (χ0n) is 14.7. The Morgan fingerprint density at radius 2 is 1.83 bits per heavy atom. The summed E-state index contributed by atoms with van der Waals surface area (Å²) in [6.07, 6.45) is 13.7. The standard InChI is InChI=1S/C19H34O3S/c1-2-3-4-9-13-22-14-12-18-16-23-15-17(18)10-7-5-6-8-11-19(20)21/h3-4,17-18H,2,5-16H2,1H3,(H,20,21). The van der Waals surface area contributed by atoms with E-state index in [0.29, 0.717) is 6.42 Å². The van der Waals surface area contributed by atoms with Crippen molar-refractivity contribution in [2.45, 2.75) is 64.7 Å². The first kappa shape index (κ1) is 20.6. The van der Waals surface area contributed by atoms with Crippen LogP contribution in [0.1, 0.15) is 64.7 Å². The summed E-state index contributed by atoms with van der Waals surface area (Å²) in [5.41, 5.74) is 0. The lowest BCUT2D eigenvalue weighted by molar-refractivity contribution is -0.137. The molecule has 0 spiro atoms. The third kappa shape index (κ3) is 10.8. The van der Waals surface area contributed by atoms with Gasteiger partial charge >= 0.3 is 5.97 Å². The van der Waals surface area contributed by atoms with Crippen LogP contribution >= 0.6 is 11.8 Å². The Hall–Kier alpha value is -0.480. The van der Waals surface area contributed by atoms with E-state index in [4.69, 9.17) is 9.84 Å². The topological polar surface area (TPSA) is 46.5 Å². The minimum atomic E-state index is -0.664. The number of carbonyl (C=O) groups is 1. The van der Waals surface area contributed by atoms with Crippen molar-refractivity contribution in [1.29, 1.82) is 0 Å². The molecule has 0 bridgehead atoms. The molecule has 1 N–H and O–H groups in total. The van der Waals surface area contributed by atoms with Crippen LogP contribution < -0.4 is 0 Å². The average Bonchev–Trinajstić information content (AvgIpc) is 2.97. The van der Waals surface area contributed by atoms with Gasteiger partial charge in [0, 0.05) is 13.0 Å². The maximum Gasteiger partial charge on any atom is 0.303 e. The highest BCUT2D eigenvalue weighted by atomic mass is 32.2. The van der Waals surface area contributed by atoms with Crippen LogP contribution in [-0.2, 0) is 9.53 Å². The largest absolute Gasteiger partial charge is 0.481 e. The second-order valence-electron chi connectivity index (χ2n) is 6.47. The SMILES string of the molecule is CCC=CCCOCCC1CSCC1CCCCCCC(=O)O. The molecule has 134 valence electrons. The second kappa shape index (κ2) is 13.9. The van der Waals surface area contributed by atoms with Gasteiger partial charge in [-0.1, -0.05) is 38.3 Å². The molecule has 3 nitrogen and oxygen atoms in total. The molecular formula is C19H34O3S. The first-order valence-corrected chi connectivity index (χ1v) is 10.4. The number of hydrogen-bond donors (Lipinski definition) is 1. The molecular weight excluding hydrogens is 308 g/mol. The normalized spacial score (nSPS) is 21.3. The fourth-order valence-corrected chi connectivity index (χ4v) is 4.71. The molecule has 2 unspecified atom stereocenters. The quantitative estimate of drug-likeness (QED) is 0.350. The van der Waals surface area contributed by atoms with Crippen LogP contribution in [-0.4, -0.2) is 35.8 Å². The molecule has 23 heavy (non-hydrogen) atoms. The Bertz CT molecular complexity index is 331. The fraction of sp³-hybridized carbons (Fsp3) is 0.842. The lowest BCUT2D eigenvalue weighted by atomic mass is 9.88. The Balaban J connectivity index is 2.00. The smallest absolute Gasteiger partial charge is 0.303 e. The zero-order valence-corrected chi connectivity index (χ0v) is 15.5. The van der Waals surface area contributed by atoms with Gasteiger partial charge in [-0.2, -0.15) is 11.8 Å². The minimum absolute atomic E-state index is 0.326. The Labute approximate surface area is 146 Å². The fourth-order valence-electron chi connectivity index (χ4n) is 3.09. The van der Waals surface area contributed by atoms with E-state index >= 15 is 0 Å². The van der Waals surface area contributed by atoms with Gasteiger partial charge in [0.1, 0.15) is 0 Å². The zero-order chi connectivity index (χ0) is 16.8. The summed E-state index contributed by atoms with van der Waals surface area (Å²) in [4.78, 5) is 10.5. The number of rotatable bonds is 14. The second-order valence-corrected chi connectivity index (χ2v) is 7.55. The number of unbranched alkanes of at least 4 members (excludes halogenated alkanes) is 3. The van der Waals surface area contributed by atoms with Gasteiger partial charge in [-0.15, -0.1) is 0 Å². The maximum absolute atomic E-state index is 10.5. The Morgan fingerprint density at radius 1 is 1.09 bits per heavy atom. The number of ether oxygens (including phenoxy) is 1. The first-order valence-electron chi connectivity index (χ1n) is 9.26. The summed E-state index contributed by atoms with van der Waals surface area (Å²) in [6, 6.07) is 0. The maximum atomic E-state index is 10.5. The predicted molar refractivity (Wildman–Crippen MR) is 99.1 cm³/mol. The van der Waals surface area contributed by atoms with E-state index in [0.717, 1.165) is 50.7 Å². The van der Waals surface area contributed by atoms with Crippen LogP contribution in [0.25, 0.3) is 0 Å². The molecule has 0 radical (unpaired) electrons. The van der Waals surface area contributed by atoms with E-state index in [1.165, 1.54) is 37.2 Å². The van der Waals surface area contributed by atoms with Crippen LogP contribution in [0.2, 0.25) is 0 Å². The third-order valence-corrected chi connectivity index (χ3v) is 5.84. The van der Waals surface area contributed by atoms with Crippen molar-refractivity contribution in [3.05, 3.63) is 12.2 Å². The van der Waals surface area contributed by atoms with Gasteiger partial charge in [0.05, 0.1) is 6.61 Å². The van der Waals surface area contributed by atoms with Crippen molar-refractivity contribution in [1.82, 2.24) is 0 Å². The van der Waals surface area contributed by atoms with Gasteiger partial charge in [-0.3, -0.25) is 4.79 Å². The van der Waals surface area contributed by atoms with Gasteiger partial charge in [0.15, 0.2) is 0 Å². The van der Waals surface area contributed by atoms with Crippen molar-refractivity contribution in [2.24, 2.45) is 11.8 Å². The molecule has 0 saturated carbocycles. The molecule has 2 atom stereocenters. The van der Waals surface area contributed by atoms with E-state index in [1.54, 1.807) is 0 Å². The summed E-state index contributed by atoms with van der Waals surface area (Å²) < 4.78 is 5.75. The number of thioether (sulfide) groups is 1. The van der Waals surface area contributed by atoms with Gasteiger partial charge in [-0.05, 0) is 55.4 Å². The minimum Gasteiger partial charge on any atom is -0.481 e. The number of carboxylic acid groups (broad SMARTS) is 1. The predicted octanol–water partition coefficient (Wildman–Crippen LogP) is 5.15. The Morgan fingerprint density at radius 3 is 2.57 bits per heavy atom. The molecule has 1 aliphatic rings. The number of hydrogen-bond acceptors (Lipinski definition) is 3. The van der Waals surface area contributed by atoms with Crippen LogP contribution in [0, 0.1) is 11.8 Å². The van der Waals surface area contributed by atoms with Crippen molar-refractivity contribution in [3.8, 4) is 0 Å². The van der Waals surface area contributed by atoms with Crippen LogP contribution in [0.3, 0.4) is 0 Å². The number of aliphatic carboxylic acids is 1. The van der Waals surface area contributed by atoms with E-state index in [1.807, 2.05) is 0 Å². The van der Waals surface area contributed by atoms with E-state index in [2.05, 4.69) is 30.8 Å². The highest BCUT2D eigenvalue weighted by molar-refractivity contribution is 7.99. The highest BCUT2D eigenvalue weighted by Gasteiger charge is 2.26. The van der Waals surface area contributed by atoms with E-state index in [9.17, 15) is 4.79 Å². The van der Waals surface area contributed by atoms with Crippen LogP contribution in [0.4, 0.5) is 0 Å². The van der Waals surface area contributed by atoms with Crippen molar-refractivity contribution in [2.75, 3.05) is 24.7 Å². The third-order valence-electron chi connectivity index (χ3n) is 4.51. The average molecular weight is 343 g/mol. The lowest BCUT2D eigenvalue weighted by Crippen LogP contribution is -2.15. The molecule has 0 aromatic rings. The Kier molecular flexibility index (Phi) is 12.4. The van der Waals surface area contributed by atoms with E-state index in [-0.39, 0.29) is 0 Å². The molecule has 1 fully saturated rings. The first-order chi connectivity index (χ1) is 11.2. The van der Waals surface area contributed by atoms with E-state index < -0.39 is 5.97 Å². The molecule has 4 heteroatoms.